The van der Waals surface area contributed by atoms with Crippen LogP contribution in [0.2, 0.25) is 10.0 Å². The summed E-state index contributed by atoms with van der Waals surface area (Å²) in [6, 6.07) is 10.5. The molecule has 0 aliphatic heterocycles. The van der Waals surface area contributed by atoms with E-state index in [9.17, 15) is 9.65 Å². The number of nitriles is 1. The number of nitrogens with zero attached hydrogens (tertiary/aromatic N) is 1. The lowest BCUT2D eigenvalue weighted by molar-refractivity contribution is 0.629. The molecule has 6 heteroatoms. The Morgan fingerprint density at radius 3 is 2.45 bits per heavy atom. The molecule has 0 bridgehead atoms. The fourth-order valence-electron chi connectivity index (χ4n) is 1.70. The predicted molar refractivity (Wildman–Crippen MR) is 82.6 cm³/mol. The standard InChI is InChI=1S/C14H9Cl2FN2S/c1-20-13-4-2-3-12(9(13)7-18)19-8-5-10(15)14(17)11(16)6-8/h2-6,19H,1H3. The van der Waals surface area contributed by atoms with Crippen molar-refractivity contribution < 1.29 is 4.39 Å². The lowest BCUT2D eigenvalue weighted by Crippen LogP contribution is -1.96. The number of rotatable bonds is 3. The van der Waals surface area contributed by atoms with Crippen LogP contribution in [-0.2, 0) is 0 Å². The number of halogens is 3. The molecule has 2 nitrogen and oxygen atoms in total. The van der Waals surface area contributed by atoms with Crippen LogP contribution in [0.1, 0.15) is 5.56 Å². The molecule has 0 aromatic heterocycles. The van der Waals surface area contributed by atoms with Crippen LogP contribution in [0.3, 0.4) is 0 Å². The molecule has 0 spiro atoms. The van der Waals surface area contributed by atoms with E-state index in [0.717, 1.165) is 4.90 Å². The third kappa shape index (κ3) is 3.01. The average Bonchev–Trinajstić information content (AvgIpc) is 2.44. The van der Waals surface area contributed by atoms with Gasteiger partial charge in [0.2, 0.25) is 0 Å². The Balaban J connectivity index is 2.43. The second-order valence-electron chi connectivity index (χ2n) is 3.87. The van der Waals surface area contributed by atoms with Crippen molar-refractivity contribution in [2.75, 3.05) is 11.6 Å². The molecule has 0 radical (unpaired) electrons. The number of benzene rings is 2. The van der Waals surface area contributed by atoms with Gasteiger partial charge in [0.1, 0.15) is 6.07 Å². The Morgan fingerprint density at radius 1 is 1.25 bits per heavy atom. The molecule has 0 aliphatic carbocycles. The van der Waals surface area contributed by atoms with Gasteiger partial charge in [-0.2, -0.15) is 5.26 Å². The molecule has 0 unspecified atom stereocenters. The molecule has 0 fully saturated rings. The van der Waals surface area contributed by atoms with Crippen molar-refractivity contribution in [2.24, 2.45) is 0 Å². The molecule has 0 heterocycles. The van der Waals surface area contributed by atoms with Gasteiger partial charge >= 0.3 is 0 Å². The SMILES string of the molecule is CSc1cccc(Nc2cc(Cl)c(F)c(Cl)c2)c1C#N. The Labute approximate surface area is 130 Å². The third-order valence-electron chi connectivity index (χ3n) is 2.62. The van der Waals surface area contributed by atoms with Gasteiger partial charge in [0, 0.05) is 10.6 Å². The fraction of sp³-hybridized carbons (Fsp3) is 0.0714. The number of hydrogen-bond donors (Lipinski definition) is 1. The molecular weight excluding hydrogens is 318 g/mol. The largest absolute Gasteiger partial charge is 0.354 e. The lowest BCUT2D eigenvalue weighted by atomic mass is 10.2. The summed E-state index contributed by atoms with van der Waals surface area (Å²) in [4.78, 5) is 0.858. The molecular formula is C14H9Cl2FN2S. The summed E-state index contributed by atoms with van der Waals surface area (Å²) in [6.45, 7) is 0. The first-order valence-electron chi connectivity index (χ1n) is 5.55. The third-order valence-corrected chi connectivity index (χ3v) is 3.95. The number of nitrogens with one attached hydrogen (secondary N) is 1. The van der Waals surface area contributed by atoms with Crippen LogP contribution in [0.15, 0.2) is 35.2 Å². The minimum absolute atomic E-state index is 0.0699. The molecule has 2 aromatic rings. The Hall–Kier alpha value is -1.41. The summed E-state index contributed by atoms with van der Waals surface area (Å²) >= 11 is 13.0. The fourth-order valence-corrected chi connectivity index (χ4v) is 2.77. The van der Waals surface area contributed by atoms with Crippen molar-refractivity contribution in [1.82, 2.24) is 0 Å². The Kier molecular flexibility index (Phi) is 4.77. The molecule has 0 saturated carbocycles. The lowest BCUT2D eigenvalue weighted by Gasteiger charge is -2.11. The zero-order chi connectivity index (χ0) is 14.7. The van der Waals surface area contributed by atoms with E-state index in [1.54, 1.807) is 6.07 Å². The van der Waals surface area contributed by atoms with E-state index >= 15 is 0 Å². The van der Waals surface area contributed by atoms with Crippen LogP contribution in [0, 0.1) is 17.1 Å². The second-order valence-corrected chi connectivity index (χ2v) is 5.54. The molecule has 0 atom stereocenters. The van der Waals surface area contributed by atoms with Crippen molar-refractivity contribution in [3.63, 3.8) is 0 Å². The van der Waals surface area contributed by atoms with Crippen molar-refractivity contribution in [1.29, 1.82) is 5.26 Å². The zero-order valence-corrected chi connectivity index (χ0v) is 12.7. The monoisotopic (exact) mass is 326 g/mol. The van der Waals surface area contributed by atoms with Crippen LogP contribution in [-0.4, -0.2) is 6.26 Å². The van der Waals surface area contributed by atoms with E-state index in [1.165, 1.54) is 23.9 Å². The smallest absolute Gasteiger partial charge is 0.160 e. The van der Waals surface area contributed by atoms with Crippen LogP contribution in [0.25, 0.3) is 0 Å². The Bertz CT molecular complexity index is 675. The first-order valence-corrected chi connectivity index (χ1v) is 7.53. The number of anilines is 2. The molecule has 0 saturated heterocycles. The molecule has 0 amide bonds. The van der Waals surface area contributed by atoms with Gasteiger partial charge in [-0.05, 0) is 30.5 Å². The van der Waals surface area contributed by atoms with Crippen LogP contribution < -0.4 is 5.32 Å². The van der Waals surface area contributed by atoms with Crippen molar-refractivity contribution in [2.45, 2.75) is 4.90 Å². The second kappa shape index (κ2) is 6.36. The van der Waals surface area contributed by atoms with Gasteiger partial charge in [0.15, 0.2) is 5.82 Å². The topological polar surface area (TPSA) is 35.8 Å². The van der Waals surface area contributed by atoms with E-state index in [1.807, 2.05) is 18.4 Å². The van der Waals surface area contributed by atoms with Crippen molar-refractivity contribution in [3.05, 3.63) is 51.8 Å². The molecule has 20 heavy (non-hydrogen) atoms. The van der Waals surface area contributed by atoms with Gasteiger partial charge < -0.3 is 5.32 Å². The highest BCUT2D eigenvalue weighted by Gasteiger charge is 2.11. The van der Waals surface area contributed by atoms with Gasteiger partial charge in [0.05, 0.1) is 21.3 Å². The maximum Gasteiger partial charge on any atom is 0.160 e. The summed E-state index contributed by atoms with van der Waals surface area (Å²) in [5, 5.41) is 12.1. The van der Waals surface area contributed by atoms with Gasteiger partial charge in [-0.3, -0.25) is 0 Å². The Morgan fingerprint density at radius 2 is 1.90 bits per heavy atom. The summed E-state index contributed by atoms with van der Waals surface area (Å²) in [5.41, 5.74) is 1.67. The minimum atomic E-state index is -0.655. The zero-order valence-electron chi connectivity index (χ0n) is 10.4. The van der Waals surface area contributed by atoms with E-state index < -0.39 is 5.82 Å². The quantitative estimate of drug-likeness (QED) is 0.600. The van der Waals surface area contributed by atoms with Gasteiger partial charge in [0.25, 0.3) is 0 Å². The maximum absolute atomic E-state index is 13.4. The highest BCUT2D eigenvalue weighted by molar-refractivity contribution is 7.98. The summed E-state index contributed by atoms with van der Waals surface area (Å²) in [6.07, 6.45) is 1.89. The minimum Gasteiger partial charge on any atom is -0.354 e. The highest BCUT2D eigenvalue weighted by atomic mass is 35.5. The van der Waals surface area contributed by atoms with Crippen LogP contribution in [0.5, 0.6) is 0 Å². The van der Waals surface area contributed by atoms with Crippen molar-refractivity contribution in [3.8, 4) is 6.07 Å². The van der Waals surface area contributed by atoms with Gasteiger partial charge in [-0.1, -0.05) is 29.3 Å². The highest BCUT2D eigenvalue weighted by Crippen LogP contribution is 2.32. The van der Waals surface area contributed by atoms with Gasteiger partial charge in [-0.15, -0.1) is 11.8 Å². The van der Waals surface area contributed by atoms with Crippen LogP contribution in [0.4, 0.5) is 15.8 Å². The summed E-state index contributed by atoms with van der Waals surface area (Å²) in [5.74, 6) is -0.655. The molecule has 102 valence electrons. The van der Waals surface area contributed by atoms with Crippen LogP contribution >= 0.6 is 35.0 Å². The van der Waals surface area contributed by atoms with E-state index in [2.05, 4.69) is 11.4 Å². The van der Waals surface area contributed by atoms with Gasteiger partial charge in [-0.25, -0.2) is 4.39 Å². The normalized spacial score (nSPS) is 10.2. The average molecular weight is 327 g/mol. The first-order chi connectivity index (χ1) is 9.56. The summed E-state index contributed by atoms with van der Waals surface area (Å²) < 4.78 is 13.4. The van der Waals surface area contributed by atoms with Crippen molar-refractivity contribution >= 4 is 46.3 Å². The number of hydrogen-bond acceptors (Lipinski definition) is 3. The number of thioether (sulfide) groups is 1. The molecule has 2 rings (SSSR count). The maximum atomic E-state index is 13.4. The molecule has 2 aromatic carbocycles. The van der Waals surface area contributed by atoms with E-state index in [4.69, 9.17) is 23.2 Å². The predicted octanol–water partition coefficient (Wildman–Crippen LogP) is 5.47. The molecule has 0 aliphatic rings. The van der Waals surface area contributed by atoms with E-state index in [0.29, 0.717) is 16.9 Å². The summed E-state index contributed by atoms with van der Waals surface area (Å²) in [7, 11) is 0. The first kappa shape index (κ1) is 15.0. The van der Waals surface area contributed by atoms with E-state index in [-0.39, 0.29) is 10.0 Å². The molecule has 1 N–H and O–H groups in total.